The lowest BCUT2D eigenvalue weighted by atomic mass is 10.0. The summed E-state index contributed by atoms with van der Waals surface area (Å²) in [6, 6.07) is 0. The SMILES string of the molecule is CCCCC/C=C\C/C=C\CCCCCCCCCCCC(=O)OC[C@@H](COC(=O)CCCCCCCCCCCCCCCCCCCC)OC(=O)CCCCCCCCCCCCCCCCCCCC. The number of esters is 3. The molecule has 0 saturated heterocycles. The van der Waals surface area contributed by atoms with Crippen LogP contribution in [0.15, 0.2) is 24.3 Å². The lowest BCUT2D eigenvalue weighted by molar-refractivity contribution is -0.167. The molecule has 1 atom stereocenters. The molecule has 0 amide bonds. The highest BCUT2D eigenvalue weighted by Crippen LogP contribution is 2.18. The summed E-state index contributed by atoms with van der Waals surface area (Å²) >= 11 is 0. The van der Waals surface area contributed by atoms with Crippen molar-refractivity contribution in [1.29, 1.82) is 0 Å². The molecule has 0 aliphatic carbocycles. The standard InChI is InChI=1S/C67H126O6/c1-4-7-10-13-16-19-22-25-28-31-34-37-39-42-45-48-51-54-57-60-66(69)72-63-64(73-67(70)61-58-55-52-49-46-43-40-36-33-30-27-24-21-18-15-12-9-6-3)62-71-65(68)59-56-53-50-47-44-41-38-35-32-29-26-23-20-17-14-11-8-5-2/h16,19,25,28,64H,4-15,17-18,20-24,26-27,29-63H2,1-3H3/b19-16-,28-25-/t64-/m1/s1. The van der Waals surface area contributed by atoms with Crippen LogP contribution in [0.25, 0.3) is 0 Å². The predicted octanol–water partition coefficient (Wildman–Crippen LogP) is 22.2. The average Bonchev–Trinajstić information content (AvgIpc) is 3.39. The number of hydrogen-bond donors (Lipinski definition) is 0. The smallest absolute Gasteiger partial charge is 0.306 e. The molecule has 0 radical (unpaired) electrons. The topological polar surface area (TPSA) is 78.9 Å². The summed E-state index contributed by atoms with van der Waals surface area (Å²) < 4.78 is 17.0. The molecule has 0 bridgehead atoms. The maximum Gasteiger partial charge on any atom is 0.306 e. The van der Waals surface area contributed by atoms with Crippen LogP contribution in [0.5, 0.6) is 0 Å². The monoisotopic (exact) mass is 1030 g/mol. The molecular formula is C67H126O6. The van der Waals surface area contributed by atoms with Gasteiger partial charge in [0.1, 0.15) is 13.2 Å². The first-order chi connectivity index (χ1) is 36.0. The number of carbonyl (C=O) groups is 3. The van der Waals surface area contributed by atoms with Crippen molar-refractivity contribution in [1.82, 2.24) is 0 Å². The molecule has 0 aliphatic heterocycles. The van der Waals surface area contributed by atoms with Crippen LogP contribution in [0.4, 0.5) is 0 Å². The zero-order chi connectivity index (χ0) is 52.9. The van der Waals surface area contributed by atoms with E-state index < -0.39 is 6.10 Å². The van der Waals surface area contributed by atoms with E-state index in [1.54, 1.807) is 0 Å². The van der Waals surface area contributed by atoms with Gasteiger partial charge in [0.25, 0.3) is 0 Å². The second kappa shape index (κ2) is 62.4. The van der Waals surface area contributed by atoms with Gasteiger partial charge >= 0.3 is 17.9 Å². The van der Waals surface area contributed by atoms with Gasteiger partial charge in [0, 0.05) is 19.3 Å². The van der Waals surface area contributed by atoms with Crippen molar-refractivity contribution in [3.05, 3.63) is 24.3 Å². The Kier molecular flexibility index (Phi) is 60.6. The van der Waals surface area contributed by atoms with Crippen LogP contribution in [-0.2, 0) is 28.6 Å². The molecule has 0 unspecified atom stereocenters. The quantitative estimate of drug-likeness (QED) is 0.0261. The van der Waals surface area contributed by atoms with Gasteiger partial charge in [0.2, 0.25) is 0 Å². The van der Waals surface area contributed by atoms with E-state index in [0.717, 1.165) is 64.2 Å². The molecule has 6 nitrogen and oxygen atoms in total. The minimum absolute atomic E-state index is 0.0659. The van der Waals surface area contributed by atoms with Crippen LogP contribution >= 0.6 is 0 Å². The molecule has 0 aromatic heterocycles. The second-order valence-electron chi connectivity index (χ2n) is 22.4. The van der Waals surface area contributed by atoms with Crippen molar-refractivity contribution in [3.63, 3.8) is 0 Å². The van der Waals surface area contributed by atoms with E-state index in [1.807, 2.05) is 0 Å². The number of hydrogen-bond acceptors (Lipinski definition) is 6. The molecule has 6 heteroatoms. The maximum absolute atomic E-state index is 12.9. The van der Waals surface area contributed by atoms with E-state index in [2.05, 4.69) is 45.1 Å². The molecule has 0 saturated carbocycles. The van der Waals surface area contributed by atoms with Gasteiger partial charge in [-0.2, -0.15) is 0 Å². The summed E-state index contributed by atoms with van der Waals surface area (Å²) in [6.45, 7) is 6.69. The molecule has 73 heavy (non-hydrogen) atoms. The fraction of sp³-hybridized carbons (Fsp3) is 0.896. The molecule has 0 aromatic rings. The van der Waals surface area contributed by atoms with Gasteiger partial charge < -0.3 is 14.2 Å². The van der Waals surface area contributed by atoms with Crippen molar-refractivity contribution in [2.24, 2.45) is 0 Å². The van der Waals surface area contributed by atoms with Crippen molar-refractivity contribution in [2.75, 3.05) is 13.2 Å². The van der Waals surface area contributed by atoms with Crippen molar-refractivity contribution >= 4 is 17.9 Å². The Morgan fingerprint density at radius 2 is 0.493 bits per heavy atom. The summed E-state index contributed by atoms with van der Waals surface area (Å²) in [6.07, 6.45) is 74.6. The van der Waals surface area contributed by atoms with Crippen LogP contribution in [0.3, 0.4) is 0 Å². The van der Waals surface area contributed by atoms with Gasteiger partial charge in [-0.3, -0.25) is 14.4 Å². The lowest BCUT2D eigenvalue weighted by Gasteiger charge is -2.18. The van der Waals surface area contributed by atoms with Gasteiger partial charge in [-0.25, -0.2) is 0 Å². The van der Waals surface area contributed by atoms with Gasteiger partial charge in [-0.1, -0.05) is 321 Å². The first-order valence-corrected chi connectivity index (χ1v) is 32.8. The normalized spacial score (nSPS) is 12.1. The average molecular weight is 1030 g/mol. The number of ether oxygens (including phenoxy) is 3. The van der Waals surface area contributed by atoms with Crippen LogP contribution in [-0.4, -0.2) is 37.2 Å². The zero-order valence-electron chi connectivity index (χ0n) is 49.4. The molecule has 0 spiro atoms. The molecule has 430 valence electrons. The maximum atomic E-state index is 12.9. The van der Waals surface area contributed by atoms with Crippen LogP contribution in [0, 0.1) is 0 Å². The molecular weight excluding hydrogens is 901 g/mol. The second-order valence-corrected chi connectivity index (χ2v) is 22.4. The molecule has 0 fully saturated rings. The predicted molar refractivity (Wildman–Crippen MR) is 316 cm³/mol. The van der Waals surface area contributed by atoms with Gasteiger partial charge in [-0.15, -0.1) is 0 Å². The summed E-state index contributed by atoms with van der Waals surface area (Å²) in [5, 5.41) is 0. The Morgan fingerprint density at radius 1 is 0.274 bits per heavy atom. The van der Waals surface area contributed by atoms with Gasteiger partial charge in [-0.05, 0) is 51.4 Å². The highest BCUT2D eigenvalue weighted by molar-refractivity contribution is 5.71. The third kappa shape index (κ3) is 60.6. The minimum Gasteiger partial charge on any atom is -0.462 e. The molecule has 0 aliphatic rings. The van der Waals surface area contributed by atoms with Crippen molar-refractivity contribution < 1.29 is 28.6 Å². The third-order valence-electron chi connectivity index (χ3n) is 15.0. The van der Waals surface area contributed by atoms with E-state index in [-0.39, 0.29) is 31.1 Å². The number of carbonyl (C=O) groups excluding carboxylic acids is 3. The van der Waals surface area contributed by atoms with E-state index >= 15 is 0 Å². The molecule has 0 aromatic carbocycles. The van der Waals surface area contributed by atoms with E-state index in [4.69, 9.17) is 14.2 Å². The summed E-state index contributed by atoms with van der Waals surface area (Å²) in [5.74, 6) is -0.839. The molecule has 0 rings (SSSR count). The van der Waals surface area contributed by atoms with Crippen LogP contribution < -0.4 is 0 Å². The van der Waals surface area contributed by atoms with Gasteiger partial charge in [0.05, 0.1) is 0 Å². The number of rotatable bonds is 61. The number of allylic oxidation sites excluding steroid dienone is 4. The fourth-order valence-corrected chi connectivity index (χ4v) is 10.0. The minimum atomic E-state index is -0.769. The van der Waals surface area contributed by atoms with Crippen molar-refractivity contribution in [2.45, 2.75) is 374 Å². The van der Waals surface area contributed by atoms with E-state index in [1.165, 1.54) is 263 Å². The summed E-state index contributed by atoms with van der Waals surface area (Å²) in [4.78, 5) is 38.4. The Morgan fingerprint density at radius 3 is 0.781 bits per heavy atom. The van der Waals surface area contributed by atoms with E-state index in [9.17, 15) is 14.4 Å². The first kappa shape index (κ1) is 70.9. The molecule has 0 N–H and O–H groups in total. The number of unbranched alkanes of at least 4 members (excludes halogenated alkanes) is 46. The Balaban J connectivity index is 4.31. The Bertz CT molecular complexity index is 1180. The first-order valence-electron chi connectivity index (χ1n) is 32.8. The highest BCUT2D eigenvalue weighted by atomic mass is 16.6. The van der Waals surface area contributed by atoms with E-state index in [0.29, 0.717) is 19.3 Å². The van der Waals surface area contributed by atoms with Crippen molar-refractivity contribution in [3.8, 4) is 0 Å². The summed E-state index contributed by atoms with van der Waals surface area (Å²) in [5.41, 5.74) is 0. The largest absolute Gasteiger partial charge is 0.462 e. The van der Waals surface area contributed by atoms with Crippen LogP contribution in [0.2, 0.25) is 0 Å². The third-order valence-corrected chi connectivity index (χ3v) is 15.0. The Hall–Kier alpha value is -2.11. The fourth-order valence-electron chi connectivity index (χ4n) is 10.0. The lowest BCUT2D eigenvalue weighted by Crippen LogP contribution is -2.30. The molecule has 0 heterocycles. The highest BCUT2D eigenvalue weighted by Gasteiger charge is 2.19. The zero-order valence-corrected chi connectivity index (χ0v) is 49.4. The van der Waals surface area contributed by atoms with Crippen LogP contribution in [0.1, 0.15) is 367 Å². The summed E-state index contributed by atoms with van der Waals surface area (Å²) in [7, 11) is 0. The van der Waals surface area contributed by atoms with Gasteiger partial charge in [0.15, 0.2) is 6.10 Å². The Labute approximate surface area is 455 Å².